The summed E-state index contributed by atoms with van der Waals surface area (Å²) in [6, 6.07) is 7.17. The zero-order valence-corrected chi connectivity index (χ0v) is 12.0. The Morgan fingerprint density at radius 3 is 2.56 bits per heavy atom. The Morgan fingerprint density at radius 2 is 1.94 bits per heavy atom. The van der Waals surface area contributed by atoms with Gasteiger partial charge >= 0.3 is 0 Å². The van der Waals surface area contributed by atoms with Crippen molar-refractivity contribution in [2.75, 3.05) is 13.1 Å². The lowest BCUT2D eigenvalue weighted by Gasteiger charge is -2.41. The molecule has 0 aromatic heterocycles. The number of hydrogen-bond donors (Lipinski definition) is 1. The molecule has 2 amide bonds. The number of benzene rings is 1. The quantitative estimate of drug-likeness (QED) is 0.860. The summed E-state index contributed by atoms with van der Waals surface area (Å²) in [5.74, 6) is -0.221. The molecule has 1 saturated heterocycles. The summed E-state index contributed by atoms with van der Waals surface area (Å²) < 4.78 is 0.926. The second-order valence-corrected chi connectivity index (χ2v) is 5.69. The van der Waals surface area contributed by atoms with Crippen LogP contribution in [-0.2, 0) is 4.79 Å². The highest BCUT2D eigenvalue weighted by Gasteiger charge is 2.40. The van der Waals surface area contributed by atoms with E-state index in [1.54, 1.807) is 30.9 Å². The van der Waals surface area contributed by atoms with Crippen molar-refractivity contribution < 1.29 is 9.59 Å². The fourth-order valence-corrected chi connectivity index (χ4v) is 2.27. The zero-order valence-electron chi connectivity index (χ0n) is 10.4. The van der Waals surface area contributed by atoms with Gasteiger partial charge in [-0.05, 0) is 38.1 Å². The molecule has 0 saturated carbocycles. The molecule has 1 aromatic carbocycles. The van der Waals surface area contributed by atoms with Gasteiger partial charge in [-0.1, -0.05) is 15.9 Å². The summed E-state index contributed by atoms with van der Waals surface area (Å²) in [5, 5.41) is 2.78. The maximum Gasteiger partial charge on any atom is 0.254 e. The number of amides is 2. The molecule has 0 atom stereocenters. The minimum absolute atomic E-state index is 0.109. The van der Waals surface area contributed by atoms with Gasteiger partial charge in [-0.2, -0.15) is 0 Å². The summed E-state index contributed by atoms with van der Waals surface area (Å²) in [5.41, 5.74) is -0.205. The third-order valence-corrected chi connectivity index (χ3v) is 3.72. The molecule has 2 rings (SSSR count). The van der Waals surface area contributed by atoms with E-state index in [4.69, 9.17) is 0 Å². The zero-order chi connectivity index (χ0) is 13.3. The molecule has 0 bridgehead atoms. The molecule has 1 heterocycles. The highest BCUT2D eigenvalue weighted by molar-refractivity contribution is 9.10. The maximum atomic E-state index is 12.4. The Balaban J connectivity index is 2.28. The molecule has 1 aliphatic rings. The van der Waals surface area contributed by atoms with Gasteiger partial charge in [0, 0.05) is 23.1 Å². The molecule has 1 aromatic rings. The van der Waals surface area contributed by atoms with Crippen molar-refractivity contribution >= 4 is 27.7 Å². The van der Waals surface area contributed by atoms with Crippen LogP contribution in [0.3, 0.4) is 0 Å². The van der Waals surface area contributed by atoms with Gasteiger partial charge < -0.3 is 10.2 Å². The molecule has 18 heavy (non-hydrogen) atoms. The fourth-order valence-electron chi connectivity index (χ4n) is 2.00. The number of hydrogen-bond acceptors (Lipinski definition) is 2. The van der Waals surface area contributed by atoms with E-state index in [1.165, 1.54) is 0 Å². The third kappa shape index (κ3) is 2.27. The predicted octanol–water partition coefficient (Wildman–Crippen LogP) is 1.80. The predicted molar refractivity (Wildman–Crippen MR) is 72.3 cm³/mol. The van der Waals surface area contributed by atoms with Gasteiger partial charge in [0.2, 0.25) is 5.91 Å². The van der Waals surface area contributed by atoms with Crippen LogP contribution in [0.15, 0.2) is 28.7 Å². The van der Waals surface area contributed by atoms with E-state index < -0.39 is 5.54 Å². The Kier molecular flexibility index (Phi) is 3.43. The van der Waals surface area contributed by atoms with E-state index in [0.717, 1.165) is 4.47 Å². The van der Waals surface area contributed by atoms with Gasteiger partial charge in [0.1, 0.15) is 5.54 Å². The molecule has 0 aliphatic carbocycles. The lowest BCUT2D eigenvalue weighted by atomic mass is 9.97. The highest BCUT2D eigenvalue weighted by Crippen LogP contribution is 2.21. The molecule has 1 fully saturated rings. The number of rotatable bonds is 1. The Hall–Kier alpha value is -1.36. The number of nitrogens with zero attached hydrogens (tertiary/aromatic N) is 1. The fraction of sp³-hybridized carbons (Fsp3) is 0.385. The van der Waals surface area contributed by atoms with Gasteiger partial charge in [-0.3, -0.25) is 9.59 Å². The van der Waals surface area contributed by atoms with Gasteiger partial charge in [-0.15, -0.1) is 0 Å². The van der Waals surface area contributed by atoms with Crippen LogP contribution in [0.2, 0.25) is 0 Å². The molecule has 5 heteroatoms. The van der Waals surface area contributed by atoms with E-state index in [2.05, 4.69) is 21.2 Å². The van der Waals surface area contributed by atoms with Crippen LogP contribution in [0.25, 0.3) is 0 Å². The molecule has 1 aliphatic heterocycles. The minimum atomic E-state index is -0.803. The van der Waals surface area contributed by atoms with Crippen LogP contribution in [0.5, 0.6) is 0 Å². The first-order valence-corrected chi connectivity index (χ1v) is 6.58. The van der Waals surface area contributed by atoms with Crippen LogP contribution in [0.4, 0.5) is 0 Å². The second kappa shape index (κ2) is 4.72. The summed E-state index contributed by atoms with van der Waals surface area (Å²) in [6.45, 7) is 4.56. The lowest BCUT2D eigenvalue weighted by molar-refractivity contribution is -0.133. The van der Waals surface area contributed by atoms with Crippen LogP contribution in [0.1, 0.15) is 24.2 Å². The SMILES string of the molecule is CC1(C)C(=O)NCCN1C(=O)c1ccc(Br)cc1. The first-order valence-electron chi connectivity index (χ1n) is 5.79. The molecule has 0 unspecified atom stereocenters. The van der Waals surface area contributed by atoms with E-state index in [0.29, 0.717) is 18.7 Å². The second-order valence-electron chi connectivity index (χ2n) is 4.78. The van der Waals surface area contributed by atoms with Crippen molar-refractivity contribution in [2.45, 2.75) is 19.4 Å². The van der Waals surface area contributed by atoms with Crippen molar-refractivity contribution in [3.05, 3.63) is 34.3 Å². The first kappa shape index (κ1) is 13.1. The number of halogens is 1. The van der Waals surface area contributed by atoms with Gasteiger partial charge in [0.05, 0.1) is 0 Å². The molecule has 1 N–H and O–H groups in total. The monoisotopic (exact) mass is 310 g/mol. The Morgan fingerprint density at radius 1 is 1.33 bits per heavy atom. The lowest BCUT2D eigenvalue weighted by Crippen LogP contribution is -2.63. The van der Waals surface area contributed by atoms with Crippen molar-refractivity contribution in [3.8, 4) is 0 Å². The summed E-state index contributed by atoms with van der Waals surface area (Å²) in [6.07, 6.45) is 0. The van der Waals surface area contributed by atoms with Crippen molar-refractivity contribution in [2.24, 2.45) is 0 Å². The summed E-state index contributed by atoms with van der Waals surface area (Å²) in [4.78, 5) is 25.8. The average Bonchev–Trinajstić information content (AvgIpc) is 2.33. The Bertz CT molecular complexity index is 482. The van der Waals surface area contributed by atoms with E-state index in [-0.39, 0.29) is 11.8 Å². The van der Waals surface area contributed by atoms with Crippen LogP contribution < -0.4 is 5.32 Å². The van der Waals surface area contributed by atoms with Gasteiger partial charge in [0.15, 0.2) is 0 Å². The smallest absolute Gasteiger partial charge is 0.254 e. The Labute approximate surface area is 114 Å². The van der Waals surface area contributed by atoms with Crippen LogP contribution in [0, 0.1) is 0 Å². The first-order chi connectivity index (χ1) is 8.43. The topological polar surface area (TPSA) is 49.4 Å². The standard InChI is InChI=1S/C13H15BrN2O2/c1-13(2)12(18)15-7-8-16(13)11(17)9-3-5-10(14)6-4-9/h3-6H,7-8H2,1-2H3,(H,15,18). The maximum absolute atomic E-state index is 12.4. The molecule has 4 nitrogen and oxygen atoms in total. The molecular formula is C13H15BrN2O2. The molecular weight excluding hydrogens is 296 g/mol. The number of piperazine rings is 1. The highest BCUT2D eigenvalue weighted by atomic mass is 79.9. The van der Waals surface area contributed by atoms with Gasteiger partial charge in [-0.25, -0.2) is 0 Å². The summed E-state index contributed by atoms with van der Waals surface area (Å²) in [7, 11) is 0. The number of nitrogens with one attached hydrogen (secondary N) is 1. The van der Waals surface area contributed by atoms with Crippen molar-refractivity contribution in [3.63, 3.8) is 0 Å². The number of carbonyl (C=O) groups excluding carboxylic acids is 2. The third-order valence-electron chi connectivity index (χ3n) is 3.19. The molecule has 96 valence electrons. The minimum Gasteiger partial charge on any atom is -0.352 e. The van der Waals surface area contributed by atoms with E-state index in [1.807, 2.05) is 12.1 Å². The number of carbonyl (C=O) groups is 2. The average molecular weight is 311 g/mol. The largest absolute Gasteiger partial charge is 0.352 e. The van der Waals surface area contributed by atoms with Crippen molar-refractivity contribution in [1.29, 1.82) is 0 Å². The van der Waals surface area contributed by atoms with Gasteiger partial charge in [0.25, 0.3) is 5.91 Å². The van der Waals surface area contributed by atoms with Crippen LogP contribution >= 0.6 is 15.9 Å². The van der Waals surface area contributed by atoms with E-state index in [9.17, 15) is 9.59 Å². The van der Waals surface area contributed by atoms with Crippen molar-refractivity contribution in [1.82, 2.24) is 10.2 Å². The summed E-state index contributed by atoms with van der Waals surface area (Å²) >= 11 is 3.33. The van der Waals surface area contributed by atoms with E-state index >= 15 is 0 Å². The molecule has 0 spiro atoms. The molecule has 0 radical (unpaired) electrons. The normalized spacial score (nSPS) is 18.4. The van der Waals surface area contributed by atoms with Crippen LogP contribution in [-0.4, -0.2) is 35.3 Å².